The molecule has 2 unspecified atom stereocenters. The van der Waals surface area contributed by atoms with E-state index in [1.165, 1.54) is 0 Å². The Morgan fingerprint density at radius 2 is 2.20 bits per heavy atom. The molecule has 0 saturated heterocycles. The van der Waals surface area contributed by atoms with Crippen molar-refractivity contribution in [1.29, 1.82) is 0 Å². The zero-order valence-corrected chi connectivity index (χ0v) is 7.27. The molecular formula is C7H18N2O. The fraction of sp³-hybridized carbons (Fsp3) is 1.00. The van der Waals surface area contributed by atoms with Crippen LogP contribution in [0, 0.1) is 0 Å². The summed E-state index contributed by atoms with van der Waals surface area (Å²) in [4.78, 5) is 0. The van der Waals surface area contributed by atoms with Crippen LogP contribution in [0.4, 0.5) is 0 Å². The Bertz CT molecular complexity index is 91.6. The van der Waals surface area contributed by atoms with Crippen LogP contribution in [0.15, 0.2) is 0 Å². The molecule has 0 amide bonds. The van der Waals surface area contributed by atoms with Crippen LogP contribution in [0.3, 0.4) is 0 Å². The van der Waals surface area contributed by atoms with E-state index in [2.05, 4.69) is 5.32 Å². The lowest BCUT2D eigenvalue weighted by Crippen LogP contribution is -2.55. The van der Waals surface area contributed by atoms with Crippen LogP contribution in [0.5, 0.6) is 0 Å². The summed E-state index contributed by atoms with van der Waals surface area (Å²) in [6.07, 6.45) is 0.811. The van der Waals surface area contributed by atoms with E-state index in [-0.39, 0.29) is 6.04 Å². The molecule has 0 aromatic rings. The third-order valence-electron chi connectivity index (χ3n) is 2.10. The second kappa shape index (κ2) is 3.91. The lowest BCUT2D eigenvalue weighted by Gasteiger charge is -2.32. The molecule has 0 bridgehead atoms. The Kier molecular flexibility index (Phi) is 3.86. The van der Waals surface area contributed by atoms with E-state index in [1.54, 1.807) is 7.11 Å². The van der Waals surface area contributed by atoms with E-state index in [0.717, 1.165) is 6.42 Å². The maximum absolute atomic E-state index is 5.87. The van der Waals surface area contributed by atoms with Crippen molar-refractivity contribution >= 4 is 0 Å². The van der Waals surface area contributed by atoms with E-state index in [0.29, 0.717) is 0 Å². The molecule has 0 aliphatic carbocycles. The summed E-state index contributed by atoms with van der Waals surface area (Å²) < 4.78 is 5.15. The summed E-state index contributed by atoms with van der Waals surface area (Å²) in [5, 5.41) is 3.06. The highest BCUT2D eigenvalue weighted by Crippen LogP contribution is 2.11. The van der Waals surface area contributed by atoms with Gasteiger partial charge in [-0.15, -0.1) is 0 Å². The number of hydrogen-bond donors (Lipinski definition) is 2. The Morgan fingerprint density at radius 3 is 2.30 bits per heavy atom. The number of nitrogens with two attached hydrogens (primary N) is 1. The average Bonchev–Trinajstić information content (AvgIpc) is 2.01. The first-order chi connectivity index (χ1) is 4.60. The molecular weight excluding hydrogens is 128 g/mol. The quantitative estimate of drug-likeness (QED) is 0.561. The summed E-state index contributed by atoms with van der Waals surface area (Å²) in [7, 11) is 3.51. The van der Waals surface area contributed by atoms with Crippen molar-refractivity contribution in [2.75, 3.05) is 14.2 Å². The van der Waals surface area contributed by atoms with Crippen LogP contribution in [-0.2, 0) is 4.74 Å². The SMILES string of the molecule is CCC(N)(OC)C(C)NC. The van der Waals surface area contributed by atoms with Crippen molar-refractivity contribution in [2.24, 2.45) is 5.73 Å². The molecule has 3 N–H and O–H groups in total. The maximum atomic E-state index is 5.87. The first-order valence-electron chi connectivity index (χ1n) is 3.62. The second-order valence-corrected chi connectivity index (χ2v) is 2.52. The molecule has 10 heavy (non-hydrogen) atoms. The van der Waals surface area contributed by atoms with Gasteiger partial charge in [0.1, 0.15) is 5.72 Å². The minimum atomic E-state index is -0.519. The topological polar surface area (TPSA) is 47.3 Å². The lowest BCUT2D eigenvalue weighted by atomic mass is 10.0. The number of ether oxygens (including phenoxy) is 1. The minimum Gasteiger partial charge on any atom is -0.362 e. The molecule has 0 fully saturated rings. The van der Waals surface area contributed by atoms with Gasteiger partial charge in [-0.2, -0.15) is 0 Å². The first-order valence-corrected chi connectivity index (χ1v) is 3.62. The Balaban J connectivity index is 4.02. The van der Waals surface area contributed by atoms with Gasteiger partial charge in [0, 0.05) is 13.2 Å². The van der Waals surface area contributed by atoms with E-state index in [9.17, 15) is 0 Å². The third-order valence-corrected chi connectivity index (χ3v) is 2.10. The monoisotopic (exact) mass is 146 g/mol. The van der Waals surface area contributed by atoms with Crippen molar-refractivity contribution in [2.45, 2.75) is 32.0 Å². The summed E-state index contributed by atoms with van der Waals surface area (Å²) >= 11 is 0. The normalized spacial score (nSPS) is 20.1. The summed E-state index contributed by atoms with van der Waals surface area (Å²) in [5.41, 5.74) is 5.35. The summed E-state index contributed by atoms with van der Waals surface area (Å²) in [5.74, 6) is 0. The Hall–Kier alpha value is -0.120. The molecule has 0 radical (unpaired) electrons. The first kappa shape index (κ1) is 9.88. The molecule has 3 heteroatoms. The number of likely N-dealkylation sites (N-methyl/N-ethyl adjacent to an activating group) is 1. The molecule has 3 nitrogen and oxygen atoms in total. The molecule has 0 aromatic carbocycles. The molecule has 62 valence electrons. The fourth-order valence-corrected chi connectivity index (χ4v) is 0.872. The minimum absolute atomic E-state index is 0.183. The summed E-state index contributed by atoms with van der Waals surface area (Å²) in [6, 6.07) is 0.183. The van der Waals surface area contributed by atoms with Crippen molar-refractivity contribution in [3.8, 4) is 0 Å². The number of nitrogens with one attached hydrogen (secondary N) is 1. The van der Waals surface area contributed by atoms with E-state index in [4.69, 9.17) is 10.5 Å². The van der Waals surface area contributed by atoms with Crippen LogP contribution in [-0.4, -0.2) is 25.9 Å². The van der Waals surface area contributed by atoms with Crippen molar-refractivity contribution in [1.82, 2.24) is 5.32 Å². The van der Waals surface area contributed by atoms with Crippen molar-refractivity contribution in [3.05, 3.63) is 0 Å². The van der Waals surface area contributed by atoms with E-state index >= 15 is 0 Å². The van der Waals surface area contributed by atoms with Crippen LogP contribution in [0.25, 0.3) is 0 Å². The van der Waals surface area contributed by atoms with Crippen molar-refractivity contribution < 1.29 is 4.74 Å². The van der Waals surface area contributed by atoms with Crippen molar-refractivity contribution in [3.63, 3.8) is 0 Å². The van der Waals surface area contributed by atoms with Gasteiger partial charge in [-0.05, 0) is 20.4 Å². The molecule has 0 spiro atoms. The highest BCUT2D eigenvalue weighted by atomic mass is 16.5. The molecule has 0 heterocycles. The van der Waals surface area contributed by atoms with Crippen LogP contribution in [0.1, 0.15) is 20.3 Å². The molecule has 2 atom stereocenters. The smallest absolute Gasteiger partial charge is 0.131 e. The van der Waals surface area contributed by atoms with Gasteiger partial charge in [-0.1, -0.05) is 6.92 Å². The van der Waals surface area contributed by atoms with Crippen LogP contribution < -0.4 is 11.1 Å². The van der Waals surface area contributed by atoms with Gasteiger partial charge < -0.3 is 15.8 Å². The third kappa shape index (κ3) is 1.94. The predicted molar refractivity (Wildman–Crippen MR) is 42.7 cm³/mol. The lowest BCUT2D eigenvalue weighted by molar-refractivity contribution is -0.0327. The van der Waals surface area contributed by atoms with Crippen LogP contribution in [0.2, 0.25) is 0 Å². The van der Waals surface area contributed by atoms with Gasteiger partial charge in [0.25, 0.3) is 0 Å². The second-order valence-electron chi connectivity index (χ2n) is 2.52. The number of hydrogen-bond acceptors (Lipinski definition) is 3. The predicted octanol–water partition coefficient (Wildman–Crippen LogP) is 0.306. The molecule has 0 rings (SSSR count). The average molecular weight is 146 g/mol. The largest absolute Gasteiger partial charge is 0.362 e. The fourth-order valence-electron chi connectivity index (χ4n) is 0.872. The highest BCUT2D eigenvalue weighted by Gasteiger charge is 2.27. The number of methoxy groups -OCH3 is 1. The van der Waals surface area contributed by atoms with Gasteiger partial charge in [0.15, 0.2) is 0 Å². The molecule has 0 aliphatic heterocycles. The highest BCUT2D eigenvalue weighted by molar-refractivity contribution is 4.82. The van der Waals surface area contributed by atoms with Crippen LogP contribution >= 0.6 is 0 Å². The Labute approximate surface area is 62.9 Å². The van der Waals surface area contributed by atoms with Gasteiger partial charge in [-0.25, -0.2) is 0 Å². The molecule has 0 saturated carbocycles. The maximum Gasteiger partial charge on any atom is 0.131 e. The zero-order chi connectivity index (χ0) is 8.20. The van der Waals surface area contributed by atoms with Gasteiger partial charge in [0.05, 0.1) is 0 Å². The standard InChI is InChI=1S/C7H18N2O/c1-5-7(8,10-4)6(2)9-3/h6,9H,5,8H2,1-4H3. The molecule has 0 aromatic heterocycles. The van der Waals surface area contributed by atoms with E-state index < -0.39 is 5.72 Å². The summed E-state index contributed by atoms with van der Waals surface area (Å²) in [6.45, 7) is 4.02. The Morgan fingerprint density at radius 1 is 1.70 bits per heavy atom. The van der Waals surface area contributed by atoms with Gasteiger partial charge >= 0.3 is 0 Å². The van der Waals surface area contributed by atoms with Gasteiger partial charge in [-0.3, -0.25) is 0 Å². The molecule has 0 aliphatic rings. The van der Waals surface area contributed by atoms with E-state index in [1.807, 2.05) is 20.9 Å². The number of rotatable bonds is 4. The zero-order valence-electron chi connectivity index (χ0n) is 7.27. The van der Waals surface area contributed by atoms with Gasteiger partial charge in [0.2, 0.25) is 0 Å².